The Morgan fingerprint density at radius 1 is 1.07 bits per heavy atom. The first kappa shape index (κ1) is 18.0. The average molecular weight is 379 g/mol. The van der Waals surface area contributed by atoms with Crippen molar-refractivity contribution < 1.29 is 24.5 Å². The van der Waals surface area contributed by atoms with Crippen LogP contribution >= 0.6 is 0 Å². The Kier molecular flexibility index (Phi) is 4.26. The third kappa shape index (κ3) is 2.96. The monoisotopic (exact) mass is 379 g/mol. The lowest BCUT2D eigenvalue weighted by Crippen LogP contribution is -2.13. The van der Waals surface area contributed by atoms with Crippen LogP contribution in [-0.4, -0.2) is 21.2 Å². The van der Waals surface area contributed by atoms with Gasteiger partial charge < -0.3 is 25.5 Å². The van der Waals surface area contributed by atoms with Crippen LogP contribution in [0.15, 0.2) is 51.4 Å². The van der Waals surface area contributed by atoms with Crippen LogP contribution in [0.25, 0.3) is 28.5 Å². The summed E-state index contributed by atoms with van der Waals surface area (Å²) in [5, 5.41) is 29.7. The zero-order chi connectivity index (χ0) is 20.0. The Bertz CT molecular complexity index is 1160. The van der Waals surface area contributed by atoms with Crippen molar-refractivity contribution in [2.24, 2.45) is 5.73 Å². The second-order valence-electron chi connectivity index (χ2n) is 6.65. The standard InChI is InChI=1S/C21H17NO6/c22-20(25)10-1-4-13(16(7-10)21(26)27)19-14-5-2-11(23)8-17(14)28-18-9-12(24)3-6-15(18)19/h1-2,4-5,7-9,21,24,26-27H,3,6H2,(H2,22,25). The first-order chi connectivity index (χ1) is 13.3. The minimum atomic E-state index is -1.84. The number of aliphatic hydroxyl groups excluding tert-OH is 2. The number of amides is 1. The number of allylic oxidation sites excluding steroid dienone is 1. The van der Waals surface area contributed by atoms with Gasteiger partial charge in [-0.1, -0.05) is 6.07 Å². The number of primary amides is 1. The van der Waals surface area contributed by atoms with E-state index in [1.165, 1.54) is 30.3 Å². The number of aliphatic hydroxyl groups is 3. The smallest absolute Gasteiger partial charge is 0.248 e. The maximum atomic E-state index is 11.8. The molecule has 28 heavy (non-hydrogen) atoms. The molecule has 0 saturated heterocycles. The molecule has 1 aliphatic heterocycles. The Balaban J connectivity index is 2.10. The highest BCUT2D eigenvalue weighted by molar-refractivity contribution is 5.95. The molecule has 0 unspecified atom stereocenters. The van der Waals surface area contributed by atoms with Crippen LogP contribution in [0.1, 0.15) is 40.0 Å². The Morgan fingerprint density at radius 3 is 2.54 bits per heavy atom. The number of hydrogen-bond acceptors (Lipinski definition) is 6. The van der Waals surface area contributed by atoms with Crippen molar-refractivity contribution in [2.75, 3.05) is 0 Å². The van der Waals surface area contributed by atoms with Gasteiger partial charge in [-0.05, 0) is 36.2 Å². The second-order valence-corrected chi connectivity index (χ2v) is 6.65. The van der Waals surface area contributed by atoms with E-state index in [1.807, 2.05) is 0 Å². The van der Waals surface area contributed by atoms with Gasteiger partial charge in [0.25, 0.3) is 0 Å². The van der Waals surface area contributed by atoms with E-state index >= 15 is 0 Å². The largest absolute Gasteiger partial charge is 0.512 e. The molecule has 1 amide bonds. The van der Waals surface area contributed by atoms with E-state index in [4.69, 9.17) is 10.2 Å². The molecule has 5 N–H and O–H groups in total. The molecule has 1 heterocycles. The molecule has 2 aliphatic carbocycles. The van der Waals surface area contributed by atoms with Crippen LogP contribution in [-0.2, 0) is 6.42 Å². The van der Waals surface area contributed by atoms with E-state index < -0.39 is 12.2 Å². The summed E-state index contributed by atoms with van der Waals surface area (Å²) >= 11 is 0. The quantitative estimate of drug-likeness (QED) is 0.516. The summed E-state index contributed by atoms with van der Waals surface area (Å²) in [6.45, 7) is 0. The fourth-order valence-electron chi connectivity index (χ4n) is 3.57. The molecule has 142 valence electrons. The fraction of sp³-hybridized carbons (Fsp3) is 0.143. The van der Waals surface area contributed by atoms with Crippen LogP contribution in [0.2, 0.25) is 0 Å². The van der Waals surface area contributed by atoms with Crippen LogP contribution in [0.4, 0.5) is 0 Å². The van der Waals surface area contributed by atoms with Gasteiger partial charge in [-0.3, -0.25) is 9.59 Å². The summed E-state index contributed by atoms with van der Waals surface area (Å²) in [6.07, 6.45) is 0.510. The minimum Gasteiger partial charge on any atom is -0.512 e. The maximum Gasteiger partial charge on any atom is 0.248 e. The number of rotatable bonds is 3. The van der Waals surface area contributed by atoms with Gasteiger partial charge in [0.05, 0.1) is 5.76 Å². The van der Waals surface area contributed by atoms with E-state index in [0.29, 0.717) is 41.1 Å². The molecule has 7 nitrogen and oxygen atoms in total. The molecule has 1 aromatic rings. The molecule has 0 radical (unpaired) electrons. The highest BCUT2D eigenvalue weighted by atomic mass is 16.5. The number of carbonyl (C=O) groups excluding carboxylic acids is 1. The highest BCUT2D eigenvalue weighted by Crippen LogP contribution is 2.43. The van der Waals surface area contributed by atoms with Gasteiger partial charge in [-0.15, -0.1) is 0 Å². The van der Waals surface area contributed by atoms with E-state index in [2.05, 4.69) is 0 Å². The van der Waals surface area contributed by atoms with E-state index in [1.54, 1.807) is 12.1 Å². The lowest BCUT2D eigenvalue weighted by Gasteiger charge is -2.23. The van der Waals surface area contributed by atoms with E-state index in [0.717, 1.165) is 5.56 Å². The van der Waals surface area contributed by atoms with Gasteiger partial charge in [0, 0.05) is 46.4 Å². The van der Waals surface area contributed by atoms with Gasteiger partial charge in [-0.25, -0.2) is 0 Å². The predicted molar refractivity (Wildman–Crippen MR) is 102 cm³/mol. The minimum absolute atomic E-state index is 0.107. The summed E-state index contributed by atoms with van der Waals surface area (Å²) in [5.74, 6) is 0.178. The van der Waals surface area contributed by atoms with Crippen molar-refractivity contribution in [2.45, 2.75) is 19.1 Å². The van der Waals surface area contributed by atoms with Crippen LogP contribution in [0.3, 0.4) is 0 Å². The lowest BCUT2D eigenvalue weighted by molar-refractivity contribution is -0.0420. The third-order valence-corrected chi connectivity index (χ3v) is 4.85. The summed E-state index contributed by atoms with van der Waals surface area (Å²) in [6, 6.07) is 8.78. The Labute approximate surface area is 159 Å². The van der Waals surface area contributed by atoms with Gasteiger partial charge in [0.2, 0.25) is 5.91 Å². The summed E-state index contributed by atoms with van der Waals surface area (Å²) in [4.78, 5) is 23.3. The first-order valence-corrected chi connectivity index (χ1v) is 8.64. The van der Waals surface area contributed by atoms with Crippen molar-refractivity contribution in [3.05, 3.63) is 74.8 Å². The normalized spacial score (nSPS) is 13.5. The second kappa shape index (κ2) is 6.63. The predicted octanol–water partition coefficient (Wildman–Crippen LogP) is 2.34. The number of nitrogens with two attached hydrogens (primary N) is 1. The number of hydrogen-bond donors (Lipinski definition) is 4. The molecule has 0 bridgehead atoms. The van der Waals surface area contributed by atoms with Crippen molar-refractivity contribution >= 4 is 12.0 Å². The molecule has 4 rings (SSSR count). The molecule has 7 heteroatoms. The summed E-state index contributed by atoms with van der Waals surface area (Å²) in [7, 11) is 0. The molecule has 0 atom stereocenters. The van der Waals surface area contributed by atoms with Crippen molar-refractivity contribution in [1.82, 2.24) is 0 Å². The first-order valence-electron chi connectivity index (χ1n) is 8.64. The number of benzene rings is 2. The molecular formula is C21H17NO6. The van der Waals surface area contributed by atoms with Gasteiger partial charge >= 0.3 is 0 Å². The molecule has 0 aromatic heterocycles. The molecule has 0 saturated carbocycles. The van der Waals surface area contributed by atoms with Crippen molar-refractivity contribution in [3.8, 4) is 22.5 Å². The third-order valence-electron chi connectivity index (χ3n) is 4.85. The molecule has 0 spiro atoms. The number of fused-ring (bicyclic) bond motifs is 2. The Morgan fingerprint density at radius 2 is 1.82 bits per heavy atom. The lowest BCUT2D eigenvalue weighted by atomic mass is 9.85. The molecule has 3 aliphatic rings. The SMILES string of the molecule is NC(=O)c1ccc(-c2c3ccc(=O)cc-3oc3c2CCC(O)=C3)c(C(O)O)c1. The summed E-state index contributed by atoms with van der Waals surface area (Å²) in [5.41, 5.74) is 7.83. The zero-order valence-corrected chi connectivity index (χ0v) is 14.7. The van der Waals surface area contributed by atoms with Crippen molar-refractivity contribution in [1.29, 1.82) is 0 Å². The zero-order valence-electron chi connectivity index (χ0n) is 14.7. The van der Waals surface area contributed by atoms with Gasteiger partial charge in [0.1, 0.15) is 11.5 Å². The average Bonchev–Trinajstić information content (AvgIpc) is 2.65. The maximum absolute atomic E-state index is 11.8. The van der Waals surface area contributed by atoms with E-state index in [9.17, 15) is 24.9 Å². The Hall–Kier alpha value is -3.42. The highest BCUT2D eigenvalue weighted by Gasteiger charge is 2.26. The van der Waals surface area contributed by atoms with Gasteiger partial charge in [-0.2, -0.15) is 0 Å². The van der Waals surface area contributed by atoms with E-state index in [-0.39, 0.29) is 22.3 Å². The van der Waals surface area contributed by atoms with Crippen molar-refractivity contribution in [3.63, 3.8) is 0 Å². The van der Waals surface area contributed by atoms with Gasteiger partial charge in [0.15, 0.2) is 11.7 Å². The number of carbonyl (C=O) groups is 1. The molecule has 1 aromatic carbocycles. The molecular weight excluding hydrogens is 362 g/mol. The van der Waals surface area contributed by atoms with Crippen LogP contribution in [0, 0.1) is 0 Å². The summed E-state index contributed by atoms with van der Waals surface area (Å²) < 4.78 is 5.82. The topological polar surface area (TPSA) is 134 Å². The van der Waals surface area contributed by atoms with Crippen LogP contribution < -0.4 is 11.2 Å². The van der Waals surface area contributed by atoms with Crippen LogP contribution in [0.5, 0.6) is 0 Å². The molecule has 0 fully saturated rings. The fourth-order valence-corrected chi connectivity index (χ4v) is 3.57.